The predicted molar refractivity (Wildman–Crippen MR) is 80.2 cm³/mol. The molecular weight excluding hydrogens is 252 g/mol. The van der Waals surface area contributed by atoms with Crippen LogP contribution < -0.4 is 5.73 Å². The van der Waals surface area contributed by atoms with Crippen LogP contribution in [0, 0.1) is 5.92 Å². The number of hydrogen-bond donors (Lipinski definition) is 1. The molecule has 0 amide bonds. The molecule has 2 rings (SSSR count). The molecule has 0 aliphatic heterocycles. The van der Waals surface area contributed by atoms with Crippen molar-refractivity contribution in [3.63, 3.8) is 0 Å². The Kier molecular flexibility index (Phi) is 4.74. The van der Waals surface area contributed by atoms with Gasteiger partial charge in [-0.05, 0) is 25.0 Å². The molecule has 5 nitrogen and oxygen atoms in total. The van der Waals surface area contributed by atoms with Crippen LogP contribution in [-0.2, 0) is 4.74 Å². The fourth-order valence-electron chi connectivity index (χ4n) is 2.18. The van der Waals surface area contributed by atoms with E-state index < -0.39 is 0 Å². The lowest BCUT2D eigenvalue weighted by molar-refractivity contribution is 0.0970. The number of nitrogen functional groups attached to an aromatic ring is 1. The van der Waals surface area contributed by atoms with E-state index in [2.05, 4.69) is 28.4 Å². The highest BCUT2D eigenvalue weighted by molar-refractivity contribution is 5.59. The van der Waals surface area contributed by atoms with E-state index in [1.54, 1.807) is 12.3 Å². The number of rotatable bonds is 6. The summed E-state index contributed by atoms with van der Waals surface area (Å²) in [7, 11) is 0. The average Bonchev–Trinajstić information content (AvgIpc) is 2.89. The lowest BCUT2D eigenvalue weighted by atomic mass is 10.0. The van der Waals surface area contributed by atoms with Crippen molar-refractivity contribution in [2.24, 2.45) is 5.92 Å². The van der Waals surface area contributed by atoms with E-state index in [1.165, 1.54) is 0 Å². The zero-order chi connectivity index (χ0) is 14.5. The molecule has 2 N–H and O–H groups in total. The molecule has 0 saturated heterocycles. The summed E-state index contributed by atoms with van der Waals surface area (Å²) in [6.07, 6.45) is 5.49. The Hall–Kier alpha value is -1.88. The van der Waals surface area contributed by atoms with Crippen molar-refractivity contribution >= 4 is 5.82 Å². The summed E-state index contributed by atoms with van der Waals surface area (Å²) in [6, 6.07) is 4.03. The van der Waals surface area contributed by atoms with Gasteiger partial charge in [-0.25, -0.2) is 9.97 Å². The molecule has 0 aliphatic rings. The number of nitrogens with two attached hydrogens (primary N) is 1. The Morgan fingerprint density at radius 2 is 2.10 bits per heavy atom. The summed E-state index contributed by atoms with van der Waals surface area (Å²) in [4.78, 5) is 8.43. The molecule has 0 aliphatic carbocycles. The molecule has 0 aromatic carbocycles. The van der Waals surface area contributed by atoms with E-state index >= 15 is 0 Å². The number of anilines is 1. The Morgan fingerprint density at radius 1 is 1.30 bits per heavy atom. The van der Waals surface area contributed by atoms with Gasteiger partial charge in [-0.3, -0.25) is 0 Å². The predicted octanol–water partition coefficient (Wildman–Crippen LogP) is 2.76. The molecule has 108 valence electrons. The molecule has 0 bridgehead atoms. The third-order valence-corrected chi connectivity index (χ3v) is 3.37. The quantitative estimate of drug-likeness (QED) is 0.879. The highest BCUT2D eigenvalue weighted by atomic mass is 16.5. The van der Waals surface area contributed by atoms with Crippen molar-refractivity contribution in [3.8, 4) is 11.3 Å². The van der Waals surface area contributed by atoms with Crippen molar-refractivity contribution in [2.75, 3.05) is 18.9 Å². The van der Waals surface area contributed by atoms with E-state index in [9.17, 15) is 0 Å². The van der Waals surface area contributed by atoms with Crippen LogP contribution in [0.5, 0.6) is 0 Å². The van der Waals surface area contributed by atoms with Gasteiger partial charge in [0.1, 0.15) is 5.82 Å². The van der Waals surface area contributed by atoms with Gasteiger partial charge in [0, 0.05) is 18.4 Å². The van der Waals surface area contributed by atoms with Crippen molar-refractivity contribution in [1.82, 2.24) is 14.5 Å². The second-order valence-electron chi connectivity index (χ2n) is 5.13. The largest absolute Gasteiger partial charge is 0.384 e. The molecule has 5 heteroatoms. The number of hydrogen-bond acceptors (Lipinski definition) is 4. The first kappa shape index (κ1) is 14.5. The van der Waals surface area contributed by atoms with Crippen LogP contribution in [0.25, 0.3) is 11.3 Å². The third kappa shape index (κ3) is 3.17. The molecule has 0 fully saturated rings. The zero-order valence-corrected chi connectivity index (χ0v) is 12.3. The lowest BCUT2D eigenvalue weighted by Gasteiger charge is -2.24. The summed E-state index contributed by atoms with van der Waals surface area (Å²) >= 11 is 0. The number of aromatic nitrogens is 3. The van der Waals surface area contributed by atoms with Gasteiger partial charge in [0.05, 0.1) is 30.9 Å². The van der Waals surface area contributed by atoms with Crippen LogP contribution in [0.1, 0.15) is 26.8 Å². The second kappa shape index (κ2) is 6.52. The summed E-state index contributed by atoms with van der Waals surface area (Å²) < 4.78 is 7.77. The summed E-state index contributed by atoms with van der Waals surface area (Å²) in [6.45, 7) is 7.79. The van der Waals surface area contributed by atoms with Crippen LogP contribution in [0.3, 0.4) is 0 Å². The molecule has 0 saturated carbocycles. The van der Waals surface area contributed by atoms with Gasteiger partial charge in [0.15, 0.2) is 0 Å². The first-order valence-electron chi connectivity index (χ1n) is 6.95. The molecular formula is C15H22N4O. The van der Waals surface area contributed by atoms with Crippen LogP contribution in [-0.4, -0.2) is 27.7 Å². The fraction of sp³-hybridized carbons (Fsp3) is 0.467. The molecule has 2 aromatic heterocycles. The minimum atomic E-state index is 0.255. The minimum absolute atomic E-state index is 0.255. The number of nitrogens with zero attached hydrogens (tertiary/aromatic N) is 3. The Balaban J connectivity index is 2.32. The zero-order valence-electron chi connectivity index (χ0n) is 12.3. The summed E-state index contributed by atoms with van der Waals surface area (Å²) in [5, 5.41) is 0. The van der Waals surface area contributed by atoms with Crippen LogP contribution >= 0.6 is 0 Å². The monoisotopic (exact) mass is 274 g/mol. The molecule has 20 heavy (non-hydrogen) atoms. The number of pyridine rings is 1. The molecule has 1 unspecified atom stereocenters. The van der Waals surface area contributed by atoms with Gasteiger partial charge in [-0.15, -0.1) is 0 Å². The maximum Gasteiger partial charge on any atom is 0.123 e. The van der Waals surface area contributed by atoms with E-state index in [0.717, 1.165) is 17.9 Å². The molecule has 1 atom stereocenters. The van der Waals surface area contributed by atoms with Crippen LogP contribution in [0.2, 0.25) is 0 Å². The van der Waals surface area contributed by atoms with Crippen molar-refractivity contribution < 1.29 is 4.74 Å². The van der Waals surface area contributed by atoms with Crippen molar-refractivity contribution in [3.05, 3.63) is 30.9 Å². The Morgan fingerprint density at radius 3 is 2.70 bits per heavy atom. The Labute approximate surface area is 119 Å². The van der Waals surface area contributed by atoms with Gasteiger partial charge in [-0.2, -0.15) is 0 Å². The topological polar surface area (TPSA) is 66.0 Å². The van der Waals surface area contributed by atoms with Crippen LogP contribution in [0.4, 0.5) is 5.82 Å². The first-order valence-corrected chi connectivity index (χ1v) is 6.95. The Bertz CT molecular complexity index is 533. The first-order chi connectivity index (χ1) is 9.63. The van der Waals surface area contributed by atoms with E-state index in [1.807, 2.05) is 25.5 Å². The SMILES string of the molecule is CCOCC(C(C)C)n1cncc1-c1ccc(N)nc1. The van der Waals surface area contributed by atoms with E-state index in [-0.39, 0.29) is 6.04 Å². The molecule has 0 radical (unpaired) electrons. The van der Waals surface area contributed by atoms with Crippen molar-refractivity contribution in [1.29, 1.82) is 0 Å². The van der Waals surface area contributed by atoms with Gasteiger partial charge in [0.2, 0.25) is 0 Å². The molecule has 2 heterocycles. The van der Waals surface area contributed by atoms with Crippen LogP contribution in [0.15, 0.2) is 30.9 Å². The average molecular weight is 274 g/mol. The normalized spacial score (nSPS) is 12.8. The molecule has 0 spiro atoms. The third-order valence-electron chi connectivity index (χ3n) is 3.37. The molecule has 2 aromatic rings. The standard InChI is InChI=1S/C15H22N4O/c1-4-20-9-14(11(2)3)19-10-17-8-13(19)12-5-6-15(16)18-7-12/h5-8,10-11,14H,4,9H2,1-3H3,(H2,16,18). The van der Waals surface area contributed by atoms with Gasteiger partial charge in [0.25, 0.3) is 0 Å². The second-order valence-corrected chi connectivity index (χ2v) is 5.13. The summed E-state index contributed by atoms with van der Waals surface area (Å²) in [5.74, 6) is 0.978. The van der Waals surface area contributed by atoms with Gasteiger partial charge >= 0.3 is 0 Å². The van der Waals surface area contributed by atoms with E-state index in [4.69, 9.17) is 10.5 Å². The summed E-state index contributed by atoms with van der Waals surface area (Å²) in [5.41, 5.74) is 7.69. The number of ether oxygens (including phenoxy) is 1. The van der Waals surface area contributed by atoms with E-state index in [0.29, 0.717) is 18.3 Å². The smallest absolute Gasteiger partial charge is 0.123 e. The van der Waals surface area contributed by atoms with Gasteiger partial charge < -0.3 is 15.0 Å². The lowest BCUT2D eigenvalue weighted by Crippen LogP contribution is -2.21. The van der Waals surface area contributed by atoms with Crippen molar-refractivity contribution in [2.45, 2.75) is 26.8 Å². The van der Waals surface area contributed by atoms with Gasteiger partial charge in [-0.1, -0.05) is 13.8 Å². The minimum Gasteiger partial charge on any atom is -0.384 e. The maximum atomic E-state index is 5.64. The number of imidazole rings is 1. The fourth-order valence-corrected chi connectivity index (χ4v) is 2.18. The maximum absolute atomic E-state index is 5.64. The highest BCUT2D eigenvalue weighted by Crippen LogP contribution is 2.26. The highest BCUT2D eigenvalue weighted by Gasteiger charge is 2.19.